The van der Waals surface area contributed by atoms with Crippen LogP contribution in [0, 0.1) is 6.92 Å². The molecule has 2 amide bonds. The molecule has 1 aliphatic rings. The molecule has 0 bridgehead atoms. The van der Waals surface area contributed by atoms with Crippen molar-refractivity contribution in [3.63, 3.8) is 0 Å². The van der Waals surface area contributed by atoms with E-state index < -0.39 is 5.60 Å². The van der Waals surface area contributed by atoms with E-state index in [9.17, 15) is 9.59 Å². The summed E-state index contributed by atoms with van der Waals surface area (Å²) in [7, 11) is 0. The van der Waals surface area contributed by atoms with Crippen LogP contribution in [0.15, 0.2) is 79.3 Å². The van der Waals surface area contributed by atoms with Crippen LogP contribution in [0.2, 0.25) is 0 Å². The lowest BCUT2D eigenvalue weighted by Crippen LogP contribution is -2.49. The summed E-state index contributed by atoms with van der Waals surface area (Å²) in [5.41, 5.74) is 5.37. The molecule has 2 aromatic heterocycles. The van der Waals surface area contributed by atoms with Crippen LogP contribution in [0.25, 0.3) is 11.3 Å². The van der Waals surface area contributed by atoms with Crippen molar-refractivity contribution in [1.29, 1.82) is 0 Å². The van der Waals surface area contributed by atoms with Crippen LogP contribution < -0.4 is 10.6 Å². The molecule has 1 saturated heterocycles. The molecule has 2 N–H and O–H groups in total. The number of anilines is 3. The number of carbonyl (C=O) groups excluding carboxylic acids is 2. The lowest BCUT2D eigenvalue weighted by atomic mass is 10.1. The number of pyridine rings is 1. The second-order valence-corrected chi connectivity index (χ2v) is 11.6. The summed E-state index contributed by atoms with van der Waals surface area (Å²) in [4.78, 5) is 42.4. The van der Waals surface area contributed by atoms with Crippen LogP contribution in [0.5, 0.6) is 0 Å². The van der Waals surface area contributed by atoms with Gasteiger partial charge in [-0.3, -0.25) is 14.7 Å². The number of amides is 2. The first-order valence-corrected chi connectivity index (χ1v) is 14.3. The molecule has 3 heterocycles. The van der Waals surface area contributed by atoms with Gasteiger partial charge in [-0.15, -0.1) is 0 Å². The molecule has 43 heavy (non-hydrogen) atoms. The van der Waals surface area contributed by atoms with Gasteiger partial charge in [-0.2, -0.15) is 0 Å². The van der Waals surface area contributed by atoms with Gasteiger partial charge in [-0.05, 0) is 87.4 Å². The van der Waals surface area contributed by atoms with E-state index in [1.54, 1.807) is 23.5 Å². The van der Waals surface area contributed by atoms with Crippen LogP contribution in [-0.4, -0.2) is 68.5 Å². The summed E-state index contributed by atoms with van der Waals surface area (Å²) < 4.78 is 5.48. The van der Waals surface area contributed by atoms with Crippen molar-refractivity contribution in [1.82, 2.24) is 24.8 Å². The van der Waals surface area contributed by atoms with Crippen molar-refractivity contribution in [2.45, 2.75) is 39.8 Å². The zero-order valence-corrected chi connectivity index (χ0v) is 25.0. The molecule has 10 nitrogen and oxygen atoms in total. The summed E-state index contributed by atoms with van der Waals surface area (Å²) in [5.74, 6) is 0.302. The fourth-order valence-corrected chi connectivity index (χ4v) is 4.73. The Morgan fingerprint density at radius 2 is 1.72 bits per heavy atom. The van der Waals surface area contributed by atoms with E-state index in [4.69, 9.17) is 4.74 Å². The first-order valence-electron chi connectivity index (χ1n) is 14.3. The molecule has 0 atom stereocenters. The fourth-order valence-electron chi connectivity index (χ4n) is 4.73. The SMILES string of the molecule is Cc1cc(NC(=O)c2ccc(CN3CCN(C(=O)OC(C)(C)C)CC3)cc2)ccc1Nc1nccc(-c2cccnc2)n1. The van der Waals surface area contributed by atoms with Crippen molar-refractivity contribution >= 4 is 29.3 Å². The molecule has 1 fully saturated rings. The number of piperazine rings is 1. The summed E-state index contributed by atoms with van der Waals surface area (Å²) in [6.45, 7) is 11.2. The molecule has 222 valence electrons. The molecular weight excluding hydrogens is 542 g/mol. The van der Waals surface area contributed by atoms with E-state index in [0.29, 0.717) is 30.3 Å². The maximum atomic E-state index is 13.0. The van der Waals surface area contributed by atoms with Crippen LogP contribution in [0.3, 0.4) is 0 Å². The number of hydrogen-bond donors (Lipinski definition) is 2. The van der Waals surface area contributed by atoms with Crippen LogP contribution in [0.1, 0.15) is 42.3 Å². The molecule has 5 rings (SSSR count). The highest BCUT2D eigenvalue weighted by Crippen LogP contribution is 2.24. The average Bonchev–Trinajstić information content (AvgIpc) is 2.99. The quantitative estimate of drug-likeness (QED) is 0.279. The zero-order valence-electron chi connectivity index (χ0n) is 25.0. The number of ether oxygens (including phenoxy) is 1. The smallest absolute Gasteiger partial charge is 0.410 e. The van der Waals surface area contributed by atoms with Gasteiger partial charge >= 0.3 is 6.09 Å². The number of aryl methyl sites for hydroxylation is 1. The van der Waals surface area contributed by atoms with Gasteiger partial charge in [0.1, 0.15) is 5.60 Å². The van der Waals surface area contributed by atoms with Crippen molar-refractivity contribution in [3.8, 4) is 11.3 Å². The van der Waals surface area contributed by atoms with E-state index in [-0.39, 0.29) is 12.0 Å². The Balaban J connectivity index is 1.13. The molecule has 2 aromatic carbocycles. The Labute approximate surface area is 252 Å². The monoisotopic (exact) mass is 579 g/mol. The Hall–Kier alpha value is -4.83. The van der Waals surface area contributed by atoms with E-state index in [2.05, 4.69) is 30.5 Å². The summed E-state index contributed by atoms with van der Waals surface area (Å²) in [5, 5.41) is 6.25. The molecular formula is C33H37N7O3. The maximum Gasteiger partial charge on any atom is 0.410 e. The molecule has 10 heteroatoms. The first-order chi connectivity index (χ1) is 20.6. The van der Waals surface area contributed by atoms with Crippen LogP contribution in [-0.2, 0) is 11.3 Å². The van der Waals surface area contributed by atoms with Gasteiger partial charge in [0.25, 0.3) is 5.91 Å². The van der Waals surface area contributed by atoms with Gasteiger partial charge in [0, 0.05) is 73.8 Å². The number of nitrogens with one attached hydrogen (secondary N) is 2. The van der Waals surface area contributed by atoms with Crippen molar-refractivity contribution in [2.24, 2.45) is 0 Å². The molecule has 1 aliphatic heterocycles. The van der Waals surface area contributed by atoms with E-state index >= 15 is 0 Å². The minimum atomic E-state index is -0.494. The van der Waals surface area contributed by atoms with Crippen LogP contribution >= 0.6 is 0 Å². The Kier molecular flexibility index (Phi) is 8.96. The third-order valence-electron chi connectivity index (χ3n) is 6.99. The number of aromatic nitrogens is 3. The lowest BCUT2D eigenvalue weighted by molar-refractivity contribution is 0.0139. The standard InChI is InChI=1S/C33H37N7O3/c1-23-20-27(11-12-28(23)37-31-35-15-13-29(38-31)26-6-5-14-34-21-26)36-30(41)25-9-7-24(8-10-25)22-39-16-18-40(19-17-39)32(42)43-33(2,3)4/h5-15,20-21H,16-19,22H2,1-4H3,(H,36,41)(H,35,37,38). The van der Waals surface area contributed by atoms with E-state index in [0.717, 1.165) is 47.7 Å². The third-order valence-corrected chi connectivity index (χ3v) is 6.99. The second-order valence-electron chi connectivity index (χ2n) is 11.6. The predicted octanol–water partition coefficient (Wildman–Crippen LogP) is 5.90. The van der Waals surface area contributed by atoms with Gasteiger partial charge in [0.2, 0.25) is 5.95 Å². The number of rotatable bonds is 7. The zero-order chi connectivity index (χ0) is 30.4. The number of nitrogens with zero attached hydrogens (tertiary/aromatic N) is 5. The average molecular weight is 580 g/mol. The van der Waals surface area contributed by atoms with Gasteiger partial charge in [0.15, 0.2) is 0 Å². The highest BCUT2D eigenvalue weighted by molar-refractivity contribution is 6.04. The Morgan fingerprint density at radius 3 is 2.40 bits per heavy atom. The summed E-state index contributed by atoms with van der Waals surface area (Å²) >= 11 is 0. The van der Waals surface area contributed by atoms with Gasteiger partial charge in [0.05, 0.1) is 5.69 Å². The Bertz CT molecular complexity index is 1560. The van der Waals surface area contributed by atoms with Gasteiger partial charge in [-0.25, -0.2) is 14.8 Å². The van der Waals surface area contributed by atoms with Gasteiger partial charge in [-0.1, -0.05) is 12.1 Å². The summed E-state index contributed by atoms with van der Waals surface area (Å²) in [6, 6.07) is 19.0. The third kappa shape index (κ3) is 8.14. The largest absolute Gasteiger partial charge is 0.444 e. The second kappa shape index (κ2) is 13.0. The Morgan fingerprint density at radius 1 is 0.953 bits per heavy atom. The number of hydrogen-bond acceptors (Lipinski definition) is 8. The van der Waals surface area contributed by atoms with Gasteiger partial charge < -0.3 is 20.3 Å². The topological polar surface area (TPSA) is 113 Å². The fraction of sp³-hybridized carbons (Fsp3) is 0.303. The van der Waals surface area contributed by atoms with Crippen LogP contribution in [0.4, 0.5) is 22.1 Å². The minimum Gasteiger partial charge on any atom is -0.444 e. The highest BCUT2D eigenvalue weighted by Gasteiger charge is 2.25. The van der Waals surface area contributed by atoms with Crippen molar-refractivity contribution in [2.75, 3.05) is 36.8 Å². The predicted molar refractivity (Wildman–Crippen MR) is 167 cm³/mol. The molecule has 0 radical (unpaired) electrons. The van der Waals surface area contributed by atoms with E-state index in [1.807, 2.05) is 88.4 Å². The maximum absolute atomic E-state index is 13.0. The molecule has 0 saturated carbocycles. The molecule has 0 spiro atoms. The lowest BCUT2D eigenvalue weighted by Gasteiger charge is -2.35. The van der Waals surface area contributed by atoms with Crippen molar-refractivity contribution in [3.05, 3.63) is 95.9 Å². The molecule has 0 unspecified atom stereocenters. The summed E-state index contributed by atoms with van der Waals surface area (Å²) in [6.07, 6.45) is 4.94. The first kappa shape index (κ1) is 29.7. The van der Waals surface area contributed by atoms with Crippen molar-refractivity contribution < 1.29 is 14.3 Å². The van der Waals surface area contributed by atoms with E-state index in [1.165, 1.54) is 0 Å². The number of benzene rings is 2. The normalized spacial score (nSPS) is 13.8. The minimum absolute atomic E-state index is 0.176. The highest BCUT2D eigenvalue weighted by atomic mass is 16.6. The molecule has 0 aliphatic carbocycles. The molecule has 4 aromatic rings. The number of carbonyl (C=O) groups is 2.